The summed E-state index contributed by atoms with van der Waals surface area (Å²) in [4.78, 5) is 39.6. The minimum Gasteiger partial charge on any atom is -0.479 e. The first kappa shape index (κ1) is 23.7. The smallest absolute Gasteiger partial charge is 0.268 e. The van der Waals surface area contributed by atoms with E-state index in [1.807, 2.05) is 6.92 Å². The van der Waals surface area contributed by atoms with Crippen molar-refractivity contribution in [1.82, 2.24) is 20.3 Å². The Kier molecular flexibility index (Phi) is 6.75. The molecule has 0 unspecified atom stereocenters. The highest BCUT2D eigenvalue weighted by Gasteiger charge is 2.38. The van der Waals surface area contributed by atoms with E-state index < -0.39 is 6.10 Å². The van der Waals surface area contributed by atoms with Gasteiger partial charge in [0.1, 0.15) is 23.1 Å². The summed E-state index contributed by atoms with van der Waals surface area (Å²) in [5.41, 5.74) is 0.621. The van der Waals surface area contributed by atoms with Crippen LogP contribution in [0, 0.1) is 11.7 Å². The lowest BCUT2D eigenvalue weighted by molar-refractivity contribution is -0.128. The molecule has 0 spiro atoms. The Hall–Kier alpha value is -4.08. The van der Waals surface area contributed by atoms with Crippen molar-refractivity contribution in [1.29, 1.82) is 0 Å². The zero-order chi connectivity index (χ0) is 25.1. The highest BCUT2D eigenvalue weighted by Crippen LogP contribution is 2.40. The fourth-order valence-corrected chi connectivity index (χ4v) is 4.35. The predicted octanol–water partition coefficient (Wildman–Crippen LogP) is 3.62. The molecule has 10 heteroatoms. The molecule has 186 valence electrons. The highest BCUT2D eigenvalue weighted by molar-refractivity contribution is 5.98. The van der Waals surface area contributed by atoms with Gasteiger partial charge >= 0.3 is 0 Å². The second-order valence-corrected chi connectivity index (χ2v) is 8.83. The lowest BCUT2D eigenvalue weighted by Gasteiger charge is -2.33. The minimum absolute atomic E-state index is 0.0225. The second kappa shape index (κ2) is 10.3. The number of benzene rings is 1. The molecule has 2 amide bonds. The maximum Gasteiger partial charge on any atom is 0.268 e. The van der Waals surface area contributed by atoms with Crippen LogP contribution in [0.5, 0.6) is 17.4 Å². The second-order valence-electron chi connectivity index (χ2n) is 8.83. The predicted molar refractivity (Wildman–Crippen MR) is 128 cm³/mol. The summed E-state index contributed by atoms with van der Waals surface area (Å²) >= 11 is 0. The molecule has 1 saturated carbocycles. The number of carbonyl (C=O) groups is 2. The molecular weight excluding hydrogens is 465 g/mol. The normalized spacial score (nSPS) is 21.1. The quantitative estimate of drug-likeness (QED) is 0.513. The summed E-state index contributed by atoms with van der Waals surface area (Å²) in [6, 6.07) is 8.93. The Morgan fingerprint density at radius 1 is 1.06 bits per heavy atom. The molecular formula is C26H26FN5O4. The van der Waals surface area contributed by atoms with Gasteiger partial charge in [0.25, 0.3) is 5.91 Å². The van der Waals surface area contributed by atoms with E-state index in [1.54, 1.807) is 29.4 Å². The Labute approximate surface area is 207 Å². The molecule has 1 aliphatic carbocycles. The Morgan fingerprint density at radius 2 is 1.78 bits per heavy atom. The number of hydrogen-bond acceptors (Lipinski definition) is 7. The molecule has 3 aromatic rings. The fraction of sp³-hybridized carbons (Fsp3) is 0.346. The first-order valence-corrected chi connectivity index (χ1v) is 12.0. The van der Waals surface area contributed by atoms with Gasteiger partial charge in [0, 0.05) is 37.4 Å². The van der Waals surface area contributed by atoms with E-state index in [-0.39, 0.29) is 29.5 Å². The summed E-state index contributed by atoms with van der Waals surface area (Å²) in [5.74, 6) is 1.70. The Morgan fingerprint density at radius 3 is 2.44 bits per heavy atom. The summed E-state index contributed by atoms with van der Waals surface area (Å²) < 4.78 is 24.5. The van der Waals surface area contributed by atoms with Crippen LogP contribution >= 0.6 is 0 Å². The molecule has 0 radical (unpaired) electrons. The van der Waals surface area contributed by atoms with Crippen LogP contribution in [0.1, 0.15) is 37.9 Å². The van der Waals surface area contributed by atoms with Crippen LogP contribution in [0.3, 0.4) is 0 Å². The molecule has 2 aliphatic rings. The molecule has 2 aromatic heterocycles. The van der Waals surface area contributed by atoms with Crippen LogP contribution in [0.15, 0.2) is 55.0 Å². The number of halogens is 1. The SMILES string of the molecule is CCNC(=O)C1CC(c2ncc(N3CC[C@@H](Oc4ccc(Oc5ccc(F)cc5)nc4)C3=O)cn2)C1. The molecule has 0 bridgehead atoms. The number of nitrogens with one attached hydrogen (secondary N) is 1. The van der Waals surface area contributed by atoms with Crippen LogP contribution in [0.4, 0.5) is 10.1 Å². The van der Waals surface area contributed by atoms with Gasteiger partial charge in [0.2, 0.25) is 11.8 Å². The maximum atomic E-state index is 13.0. The van der Waals surface area contributed by atoms with Gasteiger partial charge < -0.3 is 19.7 Å². The zero-order valence-corrected chi connectivity index (χ0v) is 19.8. The largest absolute Gasteiger partial charge is 0.479 e. The van der Waals surface area contributed by atoms with Crippen molar-refractivity contribution in [3.8, 4) is 17.4 Å². The van der Waals surface area contributed by atoms with Crippen molar-refractivity contribution in [3.05, 3.63) is 66.6 Å². The summed E-state index contributed by atoms with van der Waals surface area (Å²) in [6.07, 6.45) is 6.16. The average Bonchev–Trinajstić information content (AvgIpc) is 3.21. The highest BCUT2D eigenvalue weighted by atomic mass is 19.1. The standard InChI is InChI=1S/C26H26FN5O4/c1-2-28-25(33)17-11-16(12-17)24-30-13-19(14-31-24)32-10-9-22(26(32)34)35-21-7-8-23(29-15-21)36-20-5-3-18(27)4-6-20/h3-8,13-17,22H,2,9-12H2,1H3,(H,28,33)/t16?,17?,22-/m1/s1. The number of ether oxygens (including phenoxy) is 2. The van der Waals surface area contributed by atoms with Crippen LogP contribution < -0.4 is 19.7 Å². The molecule has 1 atom stereocenters. The van der Waals surface area contributed by atoms with Crippen molar-refractivity contribution >= 4 is 17.5 Å². The minimum atomic E-state index is -0.639. The maximum absolute atomic E-state index is 13.0. The Bertz CT molecular complexity index is 1210. The number of anilines is 1. The van der Waals surface area contributed by atoms with E-state index in [9.17, 15) is 14.0 Å². The molecule has 1 saturated heterocycles. The topological polar surface area (TPSA) is 107 Å². The first-order chi connectivity index (χ1) is 17.5. The van der Waals surface area contributed by atoms with E-state index in [4.69, 9.17) is 9.47 Å². The van der Waals surface area contributed by atoms with Crippen LogP contribution in [0.2, 0.25) is 0 Å². The van der Waals surface area contributed by atoms with Crippen molar-refractivity contribution in [2.24, 2.45) is 5.92 Å². The number of carbonyl (C=O) groups excluding carboxylic acids is 2. The van der Waals surface area contributed by atoms with Gasteiger partial charge in [0.15, 0.2) is 6.10 Å². The lowest BCUT2D eigenvalue weighted by Crippen LogP contribution is -2.38. The monoisotopic (exact) mass is 491 g/mol. The van der Waals surface area contributed by atoms with Crippen molar-refractivity contribution in [2.45, 2.75) is 38.2 Å². The van der Waals surface area contributed by atoms with Gasteiger partial charge in [-0.05, 0) is 50.1 Å². The number of hydrogen-bond donors (Lipinski definition) is 1. The van der Waals surface area contributed by atoms with E-state index in [2.05, 4.69) is 20.3 Å². The van der Waals surface area contributed by atoms with Crippen molar-refractivity contribution < 1.29 is 23.5 Å². The van der Waals surface area contributed by atoms with E-state index in [0.717, 1.165) is 12.8 Å². The van der Waals surface area contributed by atoms with Gasteiger partial charge in [-0.1, -0.05) is 0 Å². The summed E-state index contributed by atoms with van der Waals surface area (Å²) in [5, 5.41) is 2.85. The molecule has 3 heterocycles. The third kappa shape index (κ3) is 5.12. The fourth-order valence-electron chi connectivity index (χ4n) is 4.35. The van der Waals surface area contributed by atoms with Crippen LogP contribution in [0.25, 0.3) is 0 Å². The van der Waals surface area contributed by atoms with Gasteiger partial charge in [-0.3, -0.25) is 9.59 Å². The van der Waals surface area contributed by atoms with E-state index in [1.165, 1.54) is 30.5 Å². The van der Waals surface area contributed by atoms with Gasteiger partial charge in [-0.15, -0.1) is 0 Å². The molecule has 9 nitrogen and oxygen atoms in total. The van der Waals surface area contributed by atoms with Crippen LogP contribution in [-0.4, -0.2) is 46.0 Å². The molecule has 1 aromatic carbocycles. The van der Waals surface area contributed by atoms with Gasteiger partial charge in [-0.2, -0.15) is 0 Å². The Balaban J connectivity index is 1.14. The zero-order valence-electron chi connectivity index (χ0n) is 19.8. The third-order valence-corrected chi connectivity index (χ3v) is 6.37. The van der Waals surface area contributed by atoms with Gasteiger partial charge in [-0.25, -0.2) is 19.3 Å². The summed E-state index contributed by atoms with van der Waals surface area (Å²) in [6.45, 7) is 3.03. The number of rotatable bonds is 8. The van der Waals surface area contributed by atoms with E-state index in [0.29, 0.717) is 48.4 Å². The van der Waals surface area contributed by atoms with Gasteiger partial charge in [0.05, 0.1) is 24.3 Å². The number of aromatic nitrogens is 3. The lowest BCUT2D eigenvalue weighted by atomic mass is 9.74. The van der Waals surface area contributed by atoms with E-state index >= 15 is 0 Å². The van der Waals surface area contributed by atoms with Crippen LogP contribution in [-0.2, 0) is 9.59 Å². The van der Waals surface area contributed by atoms with Crippen molar-refractivity contribution in [3.63, 3.8) is 0 Å². The average molecular weight is 492 g/mol. The molecule has 2 fully saturated rings. The third-order valence-electron chi connectivity index (χ3n) is 6.37. The molecule has 5 rings (SSSR count). The van der Waals surface area contributed by atoms with Crippen molar-refractivity contribution in [2.75, 3.05) is 18.0 Å². The number of amides is 2. The number of nitrogens with zero attached hydrogens (tertiary/aromatic N) is 4. The molecule has 36 heavy (non-hydrogen) atoms. The summed E-state index contributed by atoms with van der Waals surface area (Å²) in [7, 11) is 0. The first-order valence-electron chi connectivity index (χ1n) is 12.0. The molecule has 1 N–H and O–H groups in total. The molecule has 1 aliphatic heterocycles. The number of pyridine rings is 1.